The molecule has 0 aliphatic rings. The van der Waals surface area contributed by atoms with Gasteiger partial charge in [0.05, 0.1) is 14.2 Å². The van der Waals surface area contributed by atoms with Gasteiger partial charge in [-0.2, -0.15) is 0 Å². The van der Waals surface area contributed by atoms with Gasteiger partial charge < -0.3 is 20.5 Å². The predicted molar refractivity (Wildman–Crippen MR) is 78.8 cm³/mol. The van der Waals surface area contributed by atoms with Crippen LogP contribution in [-0.2, 0) is 11.3 Å². The zero-order valence-electron chi connectivity index (χ0n) is 12.6. The highest BCUT2D eigenvalue weighted by Crippen LogP contribution is 2.24. The molecule has 112 valence electrons. The molecule has 20 heavy (non-hydrogen) atoms. The lowest BCUT2D eigenvalue weighted by atomic mass is 10.0. The molecule has 1 aromatic rings. The molecule has 1 aromatic carbocycles. The number of carbonyl (C=O) groups excluding carboxylic acids is 1. The molecule has 1 atom stereocenters. The Morgan fingerprint density at radius 1 is 1.30 bits per heavy atom. The largest absolute Gasteiger partial charge is 0.497 e. The van der Waals surface area contributed by atoms with Gasteiger partial charge in [0.15, 0.2) is 0 Å². The summed E-state index contributed by atoms with van der Waals surface area (Å²) in [7, 11) is 3.19. The molecule has 0 aromatic heterocycles. The summed E-state index contributed by atoms with van der Waals surface area (Å²) in [5.74, 6) is 1.65. The topological polar surface area (TPSA) is 73.6 Å². The van der Waals surface area contributed by atoms with Crippen molar-refractivity contribution in [3.8, 4) is 11.5 Å². The van der Waals surface area contributed by atoms with Crippen LogP contribution in [0.1, 0.15) is 25.8 Å². The quantitative estimate of drug-likeness (QED) is 0.797. The Balaban J connectivity index is 2.59. The van der Waals surface area contributed by atoms with Crippen molar-refractivity contribution in [2.75, 3.05) is 14.2 Å². The summed E-state index contributed by atoms with van der Waals surface area (Å²) in [6.07, 6.45) is 0.330. The zero-order valence-corrected chi connectivity index (χ0v) is 12.6. The van der Waals surface area contributed by atoms with Gasteiger partial charge in [0, 0.05) is 30.6 Å². The number of methoxy groups -OCH3 is 2. The number of amides is 1. The molecule has 5 heteroatoms. The normalized spacial score (nSPS) is 12.1. The number of hydrogen-bond donors (Lipinski definition) is 2. The number of nitrogens with one attached hydrogen (secondary N) is 1. The second kappa shape index (κ2) is 7.75. The fourth-order valence-corrected chi connectivity index (χ4v) is 1.71. The molecule has 1 amide bonds. The number of carbonyl (C=O) groups is 1. The summed E-state index contributed by atoms with van der Waals surface area (Å²) in [5, 5.41) is 2.86. The van der Waals surface area contributed by atoms with Crippen LogP contribution in [0.25, 0.3) is 0 Å². The Bertz CT molecular complexity index is 447. The minimum Gasteiger partial charge on any atom is -0.497 e. The van der Waals surface area contributed by atoms with Crippen LogP contribution in [0, 0.1) is 5.92 Å². The SMILES string of the molecule is COc1ccc(CNC(=O)CC(N)C(C)C)c(OC)c1. The highest BCUT2D eigenvalue weighted by molar-refractivity contribution is 5.76. The van der Waals surface area contributed by atoms with Crippen LogP contribution in [-0.4, -0.2) is 26.2 Å². The number of ether oxygens (including phenoxy) is 2. The van der Waals surface area contributed by atoms with Crippen molar-refractivity contribution in [3.05, 3.63) is 23.8 Å². The number of rotatable bonds is 7. The van der Waals surface area contributed by atoms with Crippen LogP contribution in [0.15, 0.2) is 18.2 Å². The lowest BCUT2D eigenvalue weighted by Gasteiger charge is -2.16. The van der Waals surface area contributed by atoms with Crippen molar-refractivity contribution in [2.45, 2.75) is 32.9 Å². The predicted octanol–water partition coefficient (Wildman–Crippen LogP) is 1.69. The molecule has 1 unspecified atom stereocenters. The van der Waals surface area contributed by atoms with Gasteiger partial charge in [-0.05, 0) is 18.1 Å². The first-order valence-electron chi connectivity index (χ1n) is 6.71. The van der Waals surface area contributed by atoms with Gasteiger partial charge in [0.25, 0.3) is 0 Å². The van der Waals surface area contributed by atoms with E-state index in [2.05, 4.69) is 5.32 Å². The third kappa shape index (κ3) is 4.74. The van der Waals surface area contributed by atoms with E-state index in [0.717, 1.165) is 11.3 Å². The molecule has 0 spiro atoms. The van der Waals surface area contributed by atoms with E-state index in [1.165, 1.54) is 0 Å². The summed E-state index contributed by atoms with van der Waals surface area (Å²) in [5.41, 5.74) is 6.78. The third-order valence-electron chi connectivity index (χ3n) is 3.25. The van der Waals surface area contributed by atoms with Crippen LogP contribution in [0.5, 0.6) is 11.5 Å². The monoisotopic (exact) mass is 280 g/mol. The molecule has 0 bridgehead atoms. The third-order valence-corrected chi connectivity index (χ3v) is 3.25. The standard InChI is InChI=1S/C15H24N2O3/c1-10(2)13(16)8-15(18)17-9-11-5-6-12(19-3)7-14(11)20-4/h5-7,10,13H,8-9,16H2,1-4H3,(H,17,18). The first-order valence-corrected chi connectivity index (χ1v) is 6.71. The Morgan fingerprint density at radius 2 is 2.00 bits per heavy atom. The molecule has 0 heterocycles. The molecule has 0 radical (unpaired) electrons. The van der Waals surface area contributed by atoms with Gasteiger partial charge in [-0.3, -0.25) is 4.79 Å². The second-order valence-corrected chi connectivity index (χ2v) is 5.07. The Morgan fingerprint density at radius 3 is 2.55 bits per heavy atom. The van der Waals surface area contributed by atoms with Crippen molar-refractivity contribution in [2.24, 2.45) is 11.7 Å². The molecule has 3 N–H and O–H groups in total. The average Bonchev–Trinajstić information content (AvgIpc) is 2.44. The maximum atomic E-state index is 11.8. The fraction of sp³-hybridized carbons (Fsp3) is 0.533. The summed E-state index contributed by atoms with van der Waals surface area (Å²) >= 11 is 0. The maximum Gasteiger partial charge on any atom is 0.221 e. The highest BCUT2D eigenvalue weighted by atomic mass is 16.5. The summed E-state index contributed by atoms with van der Waals surface area (Å²) in [6, 6.07) is 5.39. The lowest BCUT2D eigenvalue weighted by Crippen LogP contribution is -2.34. The number of benzene rings is 1. The number of nitrogens with two attached hydrogens (primary N) is 1. The average molecular weight is 280 g/mol. The van der Waals surface area contributed by atoms with E-state index in [-0.39, 0.29) is 17.9 Å². The van der Waals surface area contributed by atoms with Gasteiger partial charge in [-0.15, -0.1) is 0 Å². The van der Waals surface area contributed by atoms with E-state index in [4.69, 9.17) is 15.2 Å². The summed E-state index contributed by atoms with van der Waals surface area (Å²) < 4.78 is 10.4. The van der Waals surface area contributed by atoms with Crippen molar-refractivity contribution in [1.29, 1.82) is 0 Å². The minimum absolute atomic E-state index is 0.0518. The molecule has 0 saturated carbocycles. The van der Waals surface area contributed by atoms with Gasteiger partial charge in [0.1, 0.15) is 11.5 Å². The van der Waals surface area contributed by atoms with Crippen LogP contribution in [0.2, 0.25) is 0 Å². The highest BCUT2D eigenvalue weighted by Gasteiger charge is 2.13. The molecule has 0 saturated heterocycles. The summed E-state index contributed by atoms with van der Waals surface area (Å²) in [6.45, 7) is 4.42. The van der Waals surface area contributed by atoms with E-state index in [1.54, 1.807) is 20.3 Å². The fourth-order valence-electron chi connectivity index (χ4n) is 1.71. The maximum absolute atomic E-state index is 11.8. The van der Waals surface area contributed by atoms with Crippen molar-refractivity contribution in [1.82, 2.24) is 5.32 Å². The molecule has 0 aliphatic heterocycles. The van der Waals surface area contributed by atoms with Gasteiger partial charge in [-0.25, -0.2) is 0 Å². The van der Waals surface area contributed by atoms with Crippen molar-refractivity contribution < 1.29 is 14.3 Å². The summed E-state index contributed by atoms with van der Waals surface area (Å²) in [4.78, 5) is 11.8. The Labute approximate surface area is 120 Å². The van der Waals surface area contributed by atoms with Crippen molar-refractivity contribution in [3.63, 3.8) is 0 Å². The van der Waals surface area contributed by atoms with E-state index in [1.807, 2.05) is 26.0 Å². The van der Waals surface area contributed by atoms with E-state index >= 15 is 0 Å². The zero-order chi connectivity index (χ0) is 15.1. The van der Waals surface area contributed by atoms with Crippen LogP contribution >= 0.6 is 0 Å². The first kappa shape index (κ1) is 16.3. The molecular weight excluding hydrogens is 256 g/mol. The van der Waals surface area contributed by atoms with Gasteiger partial charge in [-0.1, -0.05) is 13.8 Å². The van der Waals surface area contributed by atoms with E-state index < -0.39 is 0 Å². The van der Waals surface area contributed by atoms with E-state index in [0.29, 0.717) is 18.7 Å². The Hall–Kier alpha value is -1.75. The molecule has 1 rings (SSSR count). The van der Waals surface area contributed by atoms with Crippen LogP contribution < -0.4 is 20.5 Å². The van der Waals surface area contributed by atoms with Gasteiger partial charge in [0.2, 0.25) is 5.91 Å². The molecule has 5 nitrogen and oxygen atoms in total. The van der Waals surface area contributed by atoms with Crippen LogP contribution in [0.3, 0.4) is 0 Å². The van der Waals surface area contributed by atoms with Crippen molar-refractivity contribution >= 4 is 5.91 Å². The minimum atomic E-state index is -0.118. The molecule has 0 aliphatic carbocycles. The molecular formula is C15H24N2O3. The smallest absolute Gasteiger partial charge is 0.221 e. The van der Waals surface area contributed by atoms with Gasteiger partial charge >= 0.3 is 0 Å². The second-order valence-electron chi connectivity index (χ2n) is 5.07. The van der Waals surface area contributed by atoms with Crippen LogP contribution in [0.4, 0.5) is 0 Å². The first-order chi connectivity index (χ1) is 9.47. The Kier molecular flexibility index (Phi) is 6.31. The number of hydrogen-bond acceptors (Lipinski definition) is 4. The molecule has 0 fully saturated rings. The lowest BCUT2D eigenvalue weighted by molar-refractivity contribution is -0.121. The van der Waals surface area contributed by atoms with E-state index in [9.17, 15) is 4.79 Å².